The zero-order valence-corrected chi connectivity index (χ0v) is 12.5. The van der Waals surface area contributed by atoms with Gasteiger partial charge in [0.15, 0.2) is 5.84 Å². The second-order valence-corrected chi connectivity index (χ2v) is 5.83. The summed E-state index contributed by atoms with van der Waals surface area (Å²) in [5.74, 6) is 0.262. The second kappa shape index (κ2) is 5.80. The predicted octanol–water partition coefficient (Wildman–Crippen LogP) is 0.0627. The van der Waals surface area contributed by atoms with Crippen LogP contribution in [-0.2, 0) is 13.6 Å². The highest BCUT2D eigenvalue weighted by atomic mass is 16.4. The Balaban J connectivity index is 1.89. The van der Waals surface area contributed by atoms with Gasteiger partial charge >= 0.3 is 0 Å². The average molecular weight is 280 g/mol. The Morgan fingerprint density at radius 2 is 2.05 bits per heavy atom. The number of rotatable bonds is 4. The molecular formula is C13H24N6O. The molecule has 2 rings (SSSR count). The molecule has 7 heteroatoms. The summed E-state index contributed by atoms with van der Waals surface area (Å²) in [6.07, 6.45) is 3.96. The molecule has 1 aromatic rings. The Hall–Kier alpha value is -1.60. The summed E-state index contributed by atoms with van der Waals surface area (Å²) in [7, 11) is 1.93. The number of aryl methyl sites for hydroxylation is 1. The maximum absolute atomic E-state index is 8.87. The highest BCUT2D eigenvalue weighted by Crippen LogP contribution is 2.18. The normalized spacial score (nSPS) is 19.4. The largest absolute Gasteiger partial charge is 0.409 e. The van der Waals surface area contributed by atoms with Gasteiger partial charge in [0.25, 0.3) is 0 Å². The standard InChI is InChI=1S/C13H24N6O/c1-13(2,12(14)16-20)19-6-4-18(5-7-19)10-11-8-15-17(3)9-11/h8-9,20H,4-7,10H2,1-3H3,(H2,14,16). The maximum Gasteiger partial charge on any atom is 0.159 e. The van der Waals surface area contributed by atoms with E-state index in [9.17, 15) is 0 Å². The summed E-state index contributed by atoms with van der Waals surface area (Å²) in [6.45, 7) is 8.64. The van der Waals surface area contributed by atoms with Crippen molar-refractivity contribution in [3.8, 4) is 0 Å². The third-order valence-electron chi connectivity index (χ3n) is 4.06. The lowest BCUT2D eigenvalue weighted by Crippen LogP contribution is -2.59. The SMILES string of the molecule is Cn1cc(CN2CCN(C(C)(C)C(N)=NO)CC2)cn1. The number of hydrogen-bond donors (Lipinski definition) is 2. The van der Waals surface area contributed by atoms with E-state index >= 15 is 0 Å². The van der Waals surface area contributed by atoms with Gasteiger partial charge in [-0.3, -0.25) is 14.5 Å². The summed E-state index contributed by atoms with van der Waals surface area (Å²) in [5, 5.41) is 16.2. The molecule has 0 aromatic carbocycles. The summed E-state index contributed by atoms with van der Waals surface area (Å²) in [5.41, 5.74) is 6.60. The monoisotopic (exact) mass is 280 g/mol. The number of nitrogens with two attached hydrogens (primary N) is 1. The lowest BCUT2D eigenvalue weighted by Gasteiger charge is -2.43. The molecule has 0 amide bonds. The van der Waals surface area contributed by atoms with E-state index < -0.39 is 5.54 Å². The molecule has 20 heavy (non-hydrogen) atoms. The van der Waals surface area contributed by atoms with Crippen LogP contribution in [0, 0.1) is 0 Å². The van der Waals surface area contributed by atoms with E-state index in [1.165, 1.54) is 5.56 Å². The van der Waals surface area contributed by atoms with Crippen LogP contribution in [0.25, 0.3) is 0 Å². The first-order valence-corrected chi connectivity index (χ1v) is 6.86. The minimum absolute atomic E-state index is 0.262. The molecule has 1 aliphatic rings. The van der Waals surface area contributed by atoms with E-state index in [0.717, 1.165) is 32.7 Å². The molecule has 0 saturated carbocycles. The number of amidine groups is 1. The Labute approximate surface area is 119 Å². The van der Waals surface area contributed by atoms with Crippen molar-refractivity contribution < 1.29 is 5.21 Å². The Bertz CT molecular complexity index is 473. The van der Waals surface area contributed by atoms with Gasteiger partial charge in [-0.15, -0.1) is 0 Å². The van der Waals surface area contributed by atoms with Crippen molar-refractivity contribution in [2.75, 3.05) is 26.2 Å². The molecule has 0 aliphatic carbocycles. The zero-order valence-electron chi connectivity index (χ0n) is 12.5. The third-order valence-corrected chi connectivity index (χ3v) is 4.06. The summed E-state index contributed by atoms with van der Waals surface area (Å²) >= 11 is 0. The molecule has 0 unspecified atom stereocenters. The van der Waals surface area contributed by atoms with Gasteiger partial charge in [-0.25, -0.2) is 0 Å². The molecule has 1 aromatic heterocycles. The first-order chi connectivity index (χ1) is 9.43. The fourth-order valence-corrected chi connectivity index (χ4v) is 2.56. The number of nitrogens with zero attached hydrogens (tertiary/aromatic N) is 5. The molecule has 3 N–H and O–H groups in total. The van der Waals surface area contributed by atoms with Crippen molar-refractivity contribution in [1.82, 2.24) is 19.6 Å². The first-order valence-electron chi connectivity index (χ1n) is 6.86. The van der Waals surface area contributed by atoms with Gasteiger partial charge in [0, 0.05) is 51.5 Å². The summed E-state index contributed by atoms with van der Waals surface area (Å²) in [4.78, 5) is 4.65. The molecule has 112 valence electrons. The topological polar surface area (TPSA) is 82.9 Å². The first kappa shape index (κ1) is 14.8. The van der Waals surface area contributed by atoms with Crippen LogP contribution >= 0.6 is 0 Å². The molecule has 1 aliphatic heterocycles. The Morgan fingerprint density at radius 1 is 1.40 bits per heavy atom. The fraction of sp³-hybridized carbons (Fsp3) is 0.692. The predicted molar refractivity (Wildman–Crippen MR) is 77.5 cm³/mol. The van der Waals surface area contributed by atoms with Crippen LogP contribution in [0.3, 0.4) is 0 Å². The minimum Gasteiger partial charge on any atom is -0.409 e. The quantitative estimate of drug-likeness (QED) is 0.353. The van der Waals surface area contributed by atoms with Gasteiger partial charge in [-0.2, -0.15) is 5.10 Å². The van der Waals surface area contributed by atoms with Crippen molar-refractivity contribution in [2.24, 2.45) is 17.9 Å². The van der Waals surface area contributed by atoms with E-state index in [4.69, 9.17) is 10.9 Å². The van der Waals surface area contributed by atoms with E-state index in [0.29, 0.717) is 0 Å². The lowest BCUT2D eigenvalue weighted by molar-refractivity contribution is 0.0794. The van der Waals surface area contributed by atoms with Gasteiger partial charge in [-0.1, -0.05) is 5.16 Å². The van der Waals surface area contributed by atoms with Gasteiger partial charge in [0.05, 0.1) is 11.7 Å². The van der Waals surface area contributed by atoms with Gasteiger partial charge in [0.2, 0.25) is 0 Å². The average Bonchev–Trinajstić information content (AvgIpc) is 2.83. The number of oxime groups is 1. The van der Waals surface area contributed by atoms with Gasteiger partial charge in [0.1, 0.15) is 0 Å². The molecule has 0 atom stereocenters. The highest BCUT2D eigenvalue weighted by molar-refractivity contribution is 5.88. The summed E-state index contributed by atoms with van der Waals surface area (Å²) in [6, 6.07) is 0. The highest BCUT2D eigenvalue weighted by Gasteiger charge is 2.33. The van der Waals surface area contributed by atoms with Crippen LogP contribution in [0.4, 0.5) is 0 Å². The fourth-order valence-electron chi connectivity index (χ4n) is 2.56. The van der Waals surface area contributed by atoms with E-state index in [1.54, 1.807) is 0 Å². The molecule has 0 bridgehead atoms. The van der Waals surface area contributed by atoms with E-state index in [1.807, 2.05) is 38.0 Å². The maximum atomic E-state index is 8.87. The molecule has 2 heterocycles. The van der Waals surface area contributed by atoms with E-state index in [2.05, 4.69) is 20.1 Å². The third kappa shape index (κ3) is 3.10. The molecule has 0 radical (unpaired) electrons. The van der Waals surface area contributed by atoms with Crippen LogP contribution in [-0.4, -0.2) is 62.3 Å². The van der Waals surface area contributed by atoms with Gasteiger partial charge < -0.3 is 10.9 Å². The molecule has 7 nitrogen and oxygen atoms in total. The van der Waals surface area contributed by atoms with Gasteiger partial charge in [-0.05, 0) is 13.8 Å². The Morgan fingerprint density at radius 3 is 2.55 bits per heavy atom. The van der Waals surface area contributed by atoms with Crippen molar-refractivity contribution in [3.05, 3.63) is 18.0 Å². The summed E-state index contributed by atoms with van der Waals surface area (Å²) < 4.78 is 1.83. The Kier molecular flexibility index (Phi) is 4.29. The van der Waals surface area contributed by atoms with Crippen LogP contribution < -0.4 is 5.73 Å². The smallest absolute Gasteiger partial charge is 0.159 e. The lowest BCUT2D eigenvalue weighted by atomic mass is 10.00. The van der Waals surface area contributed by atoms with Crippen molar-refractivity contribution in [1.29, 1.82) is 0 Å². The second-order valence-electron chi connectivity index (χ2n) is 5.83. The molecule has 1 fully saturated rings. The zero-order chi connectivity index (χ0) is 14.8. The van der Waals surface area contributed by atoms with Crippen LogP contribution in [0.1, 0.15) is 19.4 Å². The van der Waals surface area contributed by atoms with Crippen LogP contribution in [0.2, 0.25) is 0 Å². The van der Waals surface area contributed by atoms with Crippen molar-refractivity contribution in [3.63, 3.8) is 0 Å². The minimum atomic E-state index is -0.408. The van der Waals surface area contributed by atoms with Crippen LogP contribution in [0.15, 0.2) is 17.5 Å². The van der Waals surface area contributed by atoms with Crippen molar-refractivity contribution >= 4 is 5.84 Å². The number of hydrogen-bond acceptors (Lipinski definition) is 5. The van der Waals surface area contributed by atoms with Crippen LogP contribution in [0.5, 0.6) is 0 Å². The van der Waals surface area contributed by atoms with Crippen molar-refractivity contribution in [2.45, 2.75) is 25.9 Å². The molecule has 1 saturated heterocycles. The number of piperazine rings is 1. The van der Waals surface area contributed by atoms with E-state index in [-0.39, 0.29) is 5.84 Å². The molecule has 0 spiro atoms. The molecular weight excluding hydrogens is 256 g/mol. The number of aromatic nitrogens is 2.